The Kier molecular flexibility index (Phi) is 4.93. The van der Waals surface area contributed by atoms with Gasteiger partial charge in [-0.25, -0.2) is 0 Å². The lowest BCUT2D eigenvalue weighted by Crippen LogP contribution is -3.15. The van der Waals surface area contributed by atoms with Gasteiger partial charge >= 0.3 is 0 Å². The Morgan fingerprint density at radius 3 is 2.39 bits per heavy atom. The number of carbonyl (C=O) groups excluding carboxylic acids is 1. The number of piperazine rings is 1. The molecule has 0 spiro atoms. The predicted molar refractivity (Wildman–Crippen MR) is 107 cm³/mol. The molecular weight excluding hydrogens is 356 g/mol. The van der Waals surface area contributed by atoms with E-state index in [1.807, 2.05) is 0 Å². The molecule has 7 heteroatoms. The summed E-state index contributed by atoms with van der Waals surface area (Å²) >= 11 is 0. The van der Waals surface area contributed by atoms with Crippen LogP contribution < -0.4 is 9.80 Å². The SMILES string of the molecule is Cc1cc(C(=O)C[NH+]2CCN(c3ccc([N+](=O)[O-])cc3)CC2)c(C)n1C1CC1. The van der Waals surface area contributed by atoms with Crippen molar-refractivity contribution in [1.82, 2.24) is 4.57 Å². The third-order valence-corrected chi connectivity index (χ3v) is 6.00. The number of ketones is 1. The fourth-order valence-corrected chi connectivity index (χ4v) is 4.32. The van der Waals surface area contributed by atoms with E-state index >= 15 is 0 Å². The van der Waals surface area contributed by atoms with E-state index in [0.29, 0.717) is 12.6 Å². The van der Waals surface area contributed by atoms with E-state index in [1.165, 1.54) is 23.4 Å². The molecule has 28 heavy (non-hydrogen) atoms. The second-order valence-electron chi connectivity index (χ2n) is 8.00. The highest BCUT2D eigenvalue weighted by Gasteiger charge is 2.30. The van der Waals surface area contributed by atoms with Crippen molar-refractivity contribution in [3.05, 3.63) is 57.4 Å². The van der Waals surface area contributed by atoms with E-state index in [1.54, 1.807) is 24.3 Å². The van der Waals surface area contributed by atoms with Crippen molar-refractivity contribution in [3.63, 3.8) is 0 Å². The number of nitrogens with zero attached hydrogens (tertiary/aromatic N) is 3. The minimum atomic E-state index is -0.377. The number of rotatable bonds is 6. The lowest BCUT2D eigenvalue weighted by Gasteiger charge is -2.33. The zero-order valence-corrected chi connectivity index (χ0v) is 16.5. The van der Waals surface area contributed by atoms with Crippen LogP contribution in [0.4, 0.5) is 11.4 Å². The van der Waals surface area contributed by atoms with Gasteiger partial charge < -0.3 is 14.4 Å². The summed E-state index contributed by atoms with van der Waals surface area (Å²) in [5.74, 6) is 0.235. The van der Waals surface area contributed by atoms with E-state index < -0.39 is 0 Å². The number of aryl methyl sites for hydroxylation is 1. The Labute approximate surface area is 164 Å². The number of hydrogen-bond donors (Lipinski definition) is 1. The van der Waals surface area contributed by atoms with Crippen molar-refractivity contribution < 1.29 is 14.6 Å². The number of aromatic nitrogens is 1. The number of carbonyl (C=O) groups is 1. The van der Waals surface area contributed by atoms with Crippen molar-refractivity contribution in [3.8, 4) is 0 Å². The van der Waals surface area contributed by atoms with Crippen LogP contribution in [0.2, 0.25) is 0 Å². The molecule has 148 valence electrons. The lowest BCUT2D eigenvalue weighted by molar-refractivity contribution is -0.892. The minimum absolute atomic E-state index is 0.113. The third-order valence-electron chi connectivity index (χ3n) is 6.00. The standard InChI is InChI=1S/C21H26N4O3/c1-15-13-20(16(2)24(15)18-5-6-18)21(26)14-22-9-11-23(12-10-22)17-3-7-19(8-4-17)25(27)28/h3-4,7-8,13,18H,5-6,9-12,14H2,1-2H3/p+1. The summed E-state index contributed by atoms with van der Waals surface area (Å²) in [6, 6.07) is 9.37. The van der Waals surface area contributed by atoms with E-state index in [-0.39, 0.29) is 16.4 Å². The van der Waals surface area contributed by atoms with E-state index in [4.69, 9.17) is 0 Å². The van der Waals surface area contributed by atoms with Gasteiger partial charge in [-0.3, -0.25) is 14.9 Å². The van der Waals surface area contributed by atoms with Gasteiger partial charge in [0.05, 0.1) is 31.1 Å². The maximum absolute atomic E-state index is 12.9. The summed E-state index contributed by atoms with van der Waals surface area (Å²) in [5, 5.41) is 10.8. The second kappa shape index (κ2) is 7.39. The highest BCUT2D eigenvalue weighted by Crippen LogP contribution is 2.38. The minimum Gasteiger partial charge on any atom is -0.360 e. The monoisotopic (exact) mass is 383 g/mol. The Bertz CT molecular complexity index is 891. The third kappa shape index (κ3) is 3.67. The first kappa shape index (κ1) is 18.7. The fraction of sp³-hybridized carbons (Fsp3) is 0.476. The van der Waals surface area contributed by atoms with Crippen molar-refractivity contribution in [1.29, 1.82) is 0 Å². The van der Waals surface area contributed by atoms with Crippen LogP contribution in [-0.4, -0.2) is 48.0 Å². The molecule has 1 aromatic carbocycles. The molecule has 1 saturated carbocycles. The Hall–Kier alpha value is -2.67. The largest absolute Gasteiger partial charge is 0.360 e. The molecular formula is C21H27N4O3+. The first-order chi connectivity index (χ1) is 13.4. The number of nitrogens with one attached hydrogen (secondary N) is 1. The number of non-ortho nitro benzene ring substituents is 1. The number of hydrogen-bond acceptors (Lipinski definition) is 4. The van der Waals surface area contributed by atoms with Gasteiger partial charge in [-0.15, -0.1) is 0 Å². The molecule has 0 bridgehead atoms. The van der Waals surface area contributed by atoms with Gasteiger partial charge in [-0.2, -0.15) is 0 Å². The van der Waals surface area contributed by atoms with Crippen LogP contribution in [0.25, 0.3) is 0 Å². The van der Waals surface area contributed by atoms with Gasteiger partial charge in [0.2, 0.25) is 5.78 Å². The first-order valence-corrected chi connectivity index (χ1v) is 9.98. The van der Waals surface area contributed by atoms with Crippen LogP contribution in [0.1, 0.15) is 40.6 Å². The topological polar surface area (TPSA) is 72.8 Å². The van der Waals surface area contributed by atoms with Crippen molar-refractivity contribution in [2.45, 2.75) is 32.7 Å². The molecule has 0 amide bonds. The highest BCUT2D eigenvalue weighted by atomic mass is 16.6. The van der Waals surface area contributed by atoms with Crippen LogP contribution in [0.15, 0.2) is 30.3 Å². The normalized spacial score (nSPS) is 17.7. The quantitative estimate of drug-likeness (QED) is 0.470. The van der Waals surface area contributed by atoms with E-state index in [0.717, 1.165) is 43.1 Å². The molecule has 2 fully saturated rings. The molecule has 1 aliphatic carbocycles. The van der Waals surface area contributed by atoms with Gasteiger partial charge in [0.1, 0.15) is 6.54 Å². The summed E-state index contributed by atoms with van der Waals surface area (Å²) < 4.78 is 2.33. The summed E-state index contributed by atoms with van der Waals surface area (Å²) in [4.78, 5) is 26.8. The summed E-state index contributed by atoms with van der Waals surface area (Å²) in [6.45, 7) is 8.18. The van der Waals surface area contributed by atoms with Crippen molar-refractivity contribution in [2.75, 3.05) is 37.6 Å². The molecule has 1 saturated heterocycles. The highest BCUT2D eigenvalue weighted by molar-refractivity contribution is 5.98. The average molecular weight is 383 g/mol. The number of benzene rings is 1. The maximum atomic E-state index is 12.9. The number of nitro groups is 1. The molecule has 2 aromatic rings. The molecule has 1 N–H and O–H groups in total. The number of nitro benzene ring substituents is 1. The Morgan fingerprint density at radius 1 is 1.18 bits per heavy atom. The zero-order valence-electron chi connectivity index (χ0n) is 16.5. The summed E-state index contributed by atoms with van der Waals surface area (Å²) in [5.41, 5.74) is 4.32. The van der Waals surface area contributed by atoms with E-state index in [9.17, 15) is 14.9 Å². The smallest absolute Gasteiger partial charge is 0.269 e. The predicted octanol–water partition coefficient (Wildman–Crippen LogP) is 1.94. The molecule has 7 nitrogen and oxygen atoms in total. The number of Topliss-reactive ketones (excluding diaryl/α,β-unsaturated/α-hetero) is 1. The van der Waals surface area contributed by atoms with Crippen molar-refractivity contribution in [2.24, 2.45) is 0 Å². The Morgan fingerprint density at radius 2 is 1.82 bits per heavy atom. The molecule has 2 heterocycles. The molecule has 0 atom stereocenters. The van der Waals surface area contributed by atoms with Crippen molar-refractivity contribution >= 4 is 17.2 Å². The van der Waals surface area contributed by atoms with Crippen LogP contribution in [-0.2, 0) is 0 Å². The van der Waals surface area contributed by atoms with Gasteiger partial charge in [-0.05, 0) is 44.9 Å². The molecule has 1 aliphatic heterocycles. The molecule has 1 aromatic heterocycles. The van der Waals surface area contributed by atoms with Crippen LogP contribution in [0, 0.1) is 24.0 Å². The van der Waals surface area contributed by atoms with Crippen LogP contribution in [0.5, 0.6) is 0 Å². The molecule has 0 unspecified atom stereocenters. The number of anilines is 1. The molecule has 4 rings (SSSR count). The summed E-state index contributed by atoms with van der Waals surface area (Å²) in [6.07, 6.45) is 2.44. The summed E-state index contributed by atoms with van der Waals surface area (Å²) in [7, 11) is 0. The average Bonchev–Trinajstić information content (AvgIpc) is 3.47. The number of quaternary nitrogens is 1. The zero-order chi connectivity index (χ0) is 19.8. The maximum Gasteiger partial charge on any atom is 0.269 e. The second-order valence-corrected chi connectivity index (χ2v) is 8.00. The lowest BCUT2D eigenvalue weighted by atomic mass is 10.1. The van der Waals surface area contributed by atoms with Gasteiger partial charge in [-0.1, -0.05) is 0 Å². The molecule has 2 aliphatic rings. The Balaban J connectivity index is 1.35. The van der Waals surface area contributed by atoms with Gasteiger partial charge in [0.25, 0.3) is 5.69 Å². The molecule has 0 radical (unpaired) electrons. The van der Waals surface area contributed by atoms with Gasteiger partial charge in [0.15, 0.2) is 0 Å². The fourth-order valence-electron chi connectivity index (χ4n) is 4.32. The van der Waals surface area contributed by atoms with Gasteiger partial charge in [0, 0.05) is 40.8 Å². The first-order valence-electron chi connectivity index (χ1n) is 9.98. The van der Waals surface area contributed by atoms with E-state index in [2.05, 4.69) is 29.4 Å². The van der Waals surface area contributed by atoms with Crippen LogP contribution in [0.3, 0.4) is 0 Å². The van der Waals surface area contributed by atoms with Crippen LogP contribution >= 0.6 is 0 Å².